The Morgan fingerprint density at radius 2 is 1.94 bits per heavy atom. The molecule has 1 N–H and O–H groups in total. The minimum Gasteiger partial charge on any atom is -0.384 e. The molecule has 0 aliphatic heterocycles. The van der Waals surface area contributed by atoms with E-state index in [1.807, 2.05) is 12.1 Å². The summed E-state index contributed by atoms with van der Waals surface area (Å²) >= 11 is 0.839. The van der Waals surface area contributed by atoms with Crippen LogP contribution in [0, 0.1) is 5.92 Å². The lowest BCUT2D eigenvalue weighted by molar-refractivity contribution is -0.105. The minimum absolute atomic E-state index is 0.672. The van der Waals surface area contributed by atoms with Gasteiger partial charge in [0.15, 0.2) is 0 Å². The van der Waals surface area contributed by atoms with Gasteiger partial charge in [0.1, 0.15) is 0 Å². The number of nitrogens with one attached hydrogen (secondary N) is 1. The van der Waals surface area contributed by atoms with Gasteiger partial charge in [0.2, 0.25) is 0 Å². The summed E-state index contributed by atoms with van der Waals surface area (Å²) in [7, 11) is 0. The van der Waals surface area contributed by atoms with E-state index in [4.69, 9.17) is 0 Å². The second-order valence-corrected chi connectivity index (χ2v) is 5.24. The molecule has 1 saturated carbocycles. The van der Waals surface area contributed by atoms with Gasteiger partial charge in [0.05, 0.1) is 5.75 Å². The number of anilines is 1. The molecule has 0 amide bonds. The molecule has 1 aromatic rings. The lowest BCUT2D eigenvalue weighted by atomic mass is 10.3. The number of para-hydroxylation sites is 1. The van der Waals surface area contributed by atoms with Gasteiger partial charge in [0.25, 0.3) is 0 Å². The molecule has 94 valence electrons. The summed E-state index contributed by atoms with van der Waals surface area (Å²) in [5, 5.41) is 3.22. The largest absolute Gasteiger partial charge is 0.398 e. The van der Waals surface area contributed by atoms with Gasteiger partial charge in [-0.25, -0.2) is 0 Å². The smallest absolute Gasteiger partial charge is 0.384 e. The third-order valence-electron chi connectivity index (χ3n) is 2.56. The Morgan fingerprint density at radius 1 is 1.24 bits per heavy atom. The van der Waals surface area contributed by atoms with Crippen molar-refractivity contribution in [3.05, 3.63) is 24.3 Å². The molecule has 0 bridgehead atoms. The number of benzene rings is 1. The highest BCUT2D eigenvalue weighted by molar-refractivity contribution is 7.99. The molecule has 1 aliphatic rings. The van der Waals surface area contributed by atoms with Crippen LogP contribution in [0.25, 0.3) is 0 Å². The van der Waals surface area contributed by atoms with Crippen molar-refractivity contribution in [2.24, 2.45) is 5.92 Å². The fourth-order valence-corrected chi connectivity index (χ4v) is 2.26. The number of hydrogen-bond donors (Lipinski definition) is 1. The zero-order valence-corrected chi connectivity index (χ0v) is 10.1. The Balaban J connectivity index is 1.94. The van der Waals surface area contributed by atoms with Crippen LogP contribution < -0.4 is 5.32 Å². The summed E-state index contributed by atoms with van der Waals surface area (Å²) in [6, 6.07) is 7.17. The molecule has 1 aliphatic carbocycles. The predicted molar refractivity (Wildman–Crippen MR) is 64.4 cm³/mol. The molecule has 0 unspecified atom stereocenters. The van der Waals surface area contributed by atoms with Crippen molar-refractivity contribution in [3.8, 4) is 0 Å². The highest BCUT2D eigenvalue weighted by Gasteiger charge is 2.27. The summed E-state index contributed by atoms with van der Waals surface area (Å²) in [6.07, 6.45) is -1.66. The molecule has 1 fully saturated rings. The first-order valence-electron chi connectivity index (χ1n) is 5.57. The van der Waals surface area contributed by atoms with Crippen LogP contribution in [0.2, 0.25) is 0 Å². The van der Waals surface area contributed by atoms with Crippen LogP contribution in [0.3, 0.4) is 0 Å². The van der Waals surface area contributed by atoms with E-state index in [-0.39, 0.29) is 0 Å². The van der Waals surface area contributed by atoms with E-state index < -0.39 is 11.9 Å². The Morgan fingerprint density at radius 3 is 2.59 bits per heavy atom. The second-order valence-electron chi connectivity index (χ2n) is 4.22. The SMILES string of the molecule is FC(F)(F)CSc1ccccc1NCC1CC1. The third kappa shape index (κ3) is 4.50. The molecular weight excluding hydrogens is 247 g/mol. The van der Waals surface area contributed by atoms with Gasteiger partial charge in [0, 0.05) is 17.1 Å². The van der Waals surface area contributed by atoms with E-state index in [9.17, 15) is 13.2 Å². The molecule has 0 spiro atoms. The highest BCUT2D eigenvalue weighted by atomic mass is 32.2. The quantitative estimate of drug-likeness (QED) is 0.799. The average Bonchev–Trinajstić information content (AvgIpc) is 3.07. The summed E-state index contributed by atoms with van der Waals surface area (Å²) < 4.78 is 36.5. The highest BCUT2D eigenvalue weighted by Crippen LogP contribution is 2.34. The van der Waals surface area contributed by atoms with Gasteiger partial charge in [-0.3, -0.25) is 0 Å². The van der Waals surface area contributed by atoms with Crippen molar-refractivity contribution in [1.82, 2.24) is 0 Å². The van der Waals surface area contributed by atoms with Crippen LogP contribution in [0.15, 0.2) is 29.2 Å². The summed E-state index contributed by atoms with van der Waals surface area (Å²) in [5.74, 6) is -0.134. The van der Waals surface area contributed by atoms with Crippen molar-refractivity contribution in [2.45, 2.75) is 23.9 Å². The van der Waals surface area contributed by atoms with Crippen LogP contribution in [0.5, 0.6) is 0 Å². The number of thioether (sulfide) groups is 1. The molecule has 0 aromatic heterocycles. The fraction of sp³-hybridized carbons (Fsp3) is 0.500. The average molecular weight is 261 g/mol. The Kier molecular flexibility index (Phi) is 3.86. The van der Waals surface area contributed by atoms with Gasteiger partial charge >= 0.3 is 6.18 Å². The Hall–Kier alpha value is -0.840. The summed E-state index contributed by atoms with van der Waals surface area (Å²) in [4.78, 5) is 0.672. The lowest BCUT2D eigenvalue weighted by Gasteiger charge is -2.12. The summed E-state index contributed by atoms with van der Waals surface area (Å²) in [5.41, 5.74) is 0.814. The van der Waals surface area contributed by atoms with Crippen LogP contribution in [0.1, 0.15) is 12.8 Å². The van der Waals surface area contributed by atoms with Crippen LogP contribution in [0.4, 0.5) is 18.9 Å². The van der Waals surface area contributed by atoms with E-state index >= 15 is 0 Å². The standard InChI is InChI=1S/C12H14F3NS/c13-12(14,15)8-17-11-4-2-1-3-10(11)16-7-9-5-6-9/h1-4,9,16H,5-8H2. The molecular formula is C12H14F3NS. The van der Waals surface area contributed by atoms with Gasteiger partial charge in [-0.15, -0.1) is 11.8 Å². The first-order chi connectivity index (χ1) is 8.04. The lowest BCUT2D eigenvalue weighted by Crippen LogP contribution is -2.11. The van der Waals surface area contributed by atoms with Gasteiger partial charge in [-0.05, 0) is 30.9 Å². The van der Waals surface area contributed by atoms with Crippen molar-refractivity contribution < 1.29 is 13.2 Å². The van der Waals surface area contributed by atoms with Crippen LogP contribution in [-0.2, 0) is 0 Å². The monoisotopic (exact) mass is 261 g/mol. The Bertz CT molecular complexity index is 374. The van der Waals surface area contributed by atoms with E-state index in [1.165, 1.54) is 12.8 Å². The molecule has 5 heteroatoms. The predicted octanol–water partition coefficient (Wildman–Crippen LogP) is 4.16. The van der Waals surface area contributed by atoms with E-state index in [1.54, 1.807) is 12.1 Å². The molecule has 17 heavy (non-hydrogen) atoms. The normalized spacial score (nSPS) is 15.9. The maximum atomic E-state index is 12.2. The number of hydrogen-bond acceptors (Lipinski definition) is 2. The van der Waals surface area contributed by atoms with Gasteiger partial charge in [-0.2, -0.15) is 13.2 Å². The van der Waals surface area contributed by atoms with Crippen molar-refractivity contribution >= 4 is 17.4 Å². The first kappa shape index (κ1) is 12.6. The molecule has 2 rings (SSSR count). The second kappa shape index (κ2) is 5.21. The molecule has 0 saturated heterocycles. The zero-order chi connectivity index (χ0) is 12.3. The minimum atomic E-state index is -4.12. The van der Waals surface area contributed by atoms with E-state index in [0.29, 0.717) is 10.8 Å². The van der Waals surface area contributed by atoms with Gasteiger partial charge in [-0.1, -0.05) is 12.1 Å². The third-order valence-corrected chi connectivity index (χ3v) is 3.70. The van der Waals surface area contributed by atoms with E-state index in [2.05, 4.69) is 5.32 Å². The fourth-order valence-electron chi connectivity index (χ4n) is 1.47. The number of rotatable bonds is 5. The first-order valence-corrected chi connectivity index (χ1v) is 6.55. The van der Waals surface area contributed by atoms with E-state index in [0.717, 1.165) is 24.0 Å². The van der Waals surface area contributed by atoms with Crippen molar-refractivity contribution in [1.29, 1.82) is 0 Å². The number of alkyl halides is 3. The molecule has 0 radical (unpaired) electrons. The zero-order valence-electron chi connectivity index (χ0n) is 9.26. The topological polar surface area (TPSA) is 12.0 Å². The van der Waals surface area contributed by atoms with Crippen molar-refractivity contribution in [2.75, 3.05) is 17.6 Å². The van der Waals surface area contributed by atoms with Crippen LogP contribution in [-0.4, -0.2) is 18.5 Å². The maximum absolute atomic E-state index is 12.2. The number of halogens is 3. The Labute approximate surface area is 103 Å². The maximum Gasteiger partial charge on any atom is 0.398 e. The van der Waals surface area contributed by atoms with Crippen molar-refractivity contribution in [3.63, 3.8) is 0 Å². The van der Waals surface area contributed by atoms with Gasteiger partial charge < -0.3 is 5.32 Å². The molecule has 1 nitrogen and oxygen atoms in total. The summed E-state index contributed by atoms with van der Waals surface area (Å²) in [6.45, 7) is 0.865. The van der Waals surface area contributed by atoms with Crippen LogP contribution >= 0.6 is 11.8 Å². The molecule has 1 aromatic carbocycles. The molecule has 0 atom stereocenters. The molecule has 0 heterocycles.